The average molecular weight is 298 g/mol. The summed E-state index contributed by atoms with van der Waals surface area (Å²) in [6, 6.07) is 1.91. The van der Waals surface area contributed by atoms with Gasteiger partial charge in [-0.2, -0.15) is 11.8 Å². The van der Waals surface area contributed by atoms with E-state index < -0.39 is 0 Å². The molecule has 0 aliphatic carbocycles. The molecule has 0 spiro atoms. The van der Waals surface area contributed by atoms with Gasteiger partial charge in [-0.1, -0.05) is 0 Å². The Labute approximate surface area is 118 Å². The van der Waals surface area contributed by atoms with Crippen LogP contribution in [0.25, 0.3) is 10.2 Å². The highest BCUT2D eigenvalue weighted by Gasteiger charge is 2.30. The fraction of sp³-hybridized carbons (Fsp3) is 0.500. The SMILES string of the molecule is CC1(Cn2c(=S)[nH]c3ccsc3c2=O)CCCS1. The molecular formula is C12H14N2OS3. The summed E-state index contributed by atoms with van der Waals surface area (Å²) in [6.45, 7) is 2.93. The van der Waals surface area contributed by atoms with Gasteiger partial charge >= 0.3 is 0 Å². The summed E-state index contributed by atoms with van der Waals surface area (Å²) in [7, 11) is 0. The van der Waals surface area contributed by atoms with E-state index in [1.165, 1.54) is 23.5 Å². The molecule has 1 saturated heterocycles. The van der Waals surface area contributed by atoms with Crippen molar-refractivity contribution in [1.29, 1.82) is 0 Å². The smallest absolute Gasteiger partial charge is 0.272 e. The molecule has 1 atom stereocenters. The first-order chi connectivity index (χ1) is 8.59. The second kappa shape index (κ2) is 4.51. The van der Waals surface area contributed by atoms with E-state index in [2.05, 4.69) is 11.9 Å². The lowest BCUT2D eigenvalue weighted by Crippen LogP contribution is -2.32. The Morgan fingerprint density at radius 1 is 1.61 bits per heavy atom. The normalized spacial score (nSPS) is 23.8. The maximum atomic E-state index is 12.4. The lowest BCUT2D eigenvalue weighted by atomic mass is 10.1. The molecule has 6 heteroatoms. The third kappa shape index (κ3) is 2.06. The zero-order chi connectivity index (χ0) is 12.8. The summed E-state index contributed by atoms with van der Waals surface area (Å²) in [5.74, 6) is 1.18. The summed E-state index contributed by atoms with van der Waals surface area (Å²) < 4.78 is 3.19. The summed E-state index contributed by atoms with van der Waals surface area (Å²) in [4.78, 5) is 15.6. The number of nitrogens with zero attached hydrogens (tertiary/aromatic N) is 1. The number of aromatic nitrogens is 2. The number of thiophene rings is 1. The second-order valence-electron chi connectivity index (χ2n) is 4.89. The van der Waals surface area contributed by atoms with Gasteiger partial charge in [-0.05, 0) is 49.2 Å². The molecule has 0 saturated carbocycles. The number of hydrogen-bond donors (Lipinski definition) is 1. The van der Waals surface area contributed by atoms with Crippen LogP contribution in [0.3, 0.4) is 0 Å². The maximum Gasteiger partial charge on any atom is 0.272 e. The Morgan fingerprint density at radius 2 is 2.44 bits per heavy atom. The third-order valence-electron chi connectivity index (χ3n) is 3.38. The molecule has 18 heavy (non-hydrogen) atoms. The highest BCUT2D eigenvalue weighted by atomic mass is 32.2. The van der Waals surface area contributed by atoms with Gasteiger partial charge in [-0.25, -0.2) is 0 Å². The van der Waals surface area contributed by atoms with Crippen LogP contribution < -0.4 is 5.56 Å². The molecule has 1 N–H and O–H groups in total. The van der Waals surface area contributed by atoms with E-state index in [9.17, 15) is 4.79 Å². The molecule has 3 rings (SSSR count). The molecule has 3 nitrogen and oxygen atoms in total. The van der Waals surface area contributed by atoms with Crippen molar-refractivity contribution in [3.05, 3.63) is 26.6 Å². The Morgan fingerprint density at radius 3 is 3.17 bits per heavy atom. The number of hydrogen-bond acceptors (Lipinski definition) is 4. The van der Waals surface area contributed by atoms with E-state index >= 15 is 0 Å². The van der Waals surface area contributed by atoms with Crippen molar-refractivity contribution < 1.29 is 0 Å². The van der Waals surface area contributed by atoms with Crippen LogP contribution in [0.2, 0.25) is 0 Å². The minimum atomic E-state index is 0.0532. The molecule has 2 aromatic rings. The van der Waals surface area contributed by atoms with Gasteiger partial charge in [0.2, 0.25) is 0 Å². The van der Waals surface area contributed by atoms with Crippen LogP contribution in [0, 0.1) is 4.77 Å². The van der Waals surface area contributed by atoms with Crippen LogP contribution in [0.4, 0.5) is 0 Å². The van der Waals surface area contributed by atoms with Gasteiger partial charge in [0.15, 0.2) is 4.77 Å². The van der Waals surface area contributed by atoms with Gasteiger partial charge < -0.3 is 4.98 Å². The Kier molecular flexibility index (Phi) is 3.11. The van der Waals surface area contributed by atoms with Crippen LogP contribution >= 0.6 is 35.3 Å². The molecular weight excluding hydrogens is 284 g/mol. The van der Waals surface area contributed by atoms with Crippen molar-refractivity contribution in [2.45, 2.75) is 31.1 Å². The number of thioether (sulfide) groups is 1. The number of aromatic amines is 1. The molecule has 1 aliphatic heterocycles. The predicted octanol–water partition coefficient (Wildman–Crippen LogP) is 3.41. The average Bonchev–Trinajstić information content (AvgIpc) is 2.94. The summed E-state index contributed by atoms with van der Waals surface area (Å²) in [6.07, 6.45) is 2.38. The van der Waals surface area contributed by atoms with Crippen molar-refractivity contribution in [3.63, 3.8) is 0 Å². The molecule has 0 aromatic carbocycles. The molecule has 2 aromatic heterocycles. The van der Waals surface area contributed by atoms with Crippen molar-refractivity contribution in [3.8, 4) is 0 Å². The van der Waals surface area contributed by atoms with Crippen molar-refractivity contribution >= 4 is 45.5 Å². The van der Waals surface area contributed by atoms with Crippen molar-refractivity contribution in [1.82, 2.24) is 9.55 Å². The molecule has 3 heterocycles. The van der Waals surface area contributed by atoms with Gasteiger partial charge in [-0.15, -0.1) is 11.3 Å². The number of H-pyrrole nitrogens is 1. The fourth-order valence-corrected chi connectivity index (χ4v) is 4.76. The Balaban J connectivity index is 2.11. The number of rotatable bonds is 2. The van der Waals surface area contributed by atoms with E-state index in [1.54, 1.807) is 4.57 Å². The van der Waals surface area contributed by atoms with Crippen LogP contribution in [0.1, 0.15) is 19.8 Å². The molecule has 0 bridgehead atoms. The topological polar surface area (TPSA) is 37.8 Å². The minimum absolute atomic E-state index is 0.0532. The first-order valence-electron chi connectivity index (χ1n) is 5.93. The van der Waals surface area contributed by atoms with Gasteiger partial charge in [-0.3, -0.25) is 9.36 Å². The Bertz CT molecular complexity index is 691. The monoisotopic (exact) mass is 298 g/mol. The largest absolute Gasteiger partial charge is 0.331 e. The molecule has 1 unspecified atom stereocenters. The van der Waals surface area contributed by atoms with Crippen LogP contribution in [0.5, 0.6) is 0 Å². The quantitative estimate of drug-likeness (QED) is 0.863. The first kappa shape index (κ1) is 12.4. The summed E-state index contributed by atoms with van der Waals surface area (Å²) >= 11 is 8.74. The number of fused-ring (bicyclic) bond motifs is 1. The van der Waals surface area contributed by atoms with Gasteiger partial charge in [0.25, 0.3) is 5.56 Å². The van der Waals surface area contributed by atoms with Crippen molar-refractivity contribution in [2.24, 2.45) is 0 Å². The van der Waals surface area contributed by atoms with Gasteiger partial charge in [0, 0.05) is 11.3 Å². The van der Waals surface area contributed by atoms with E-state index in [1.807, 2.05) is 23.2 Å². The fourth-order valence-electron chi connectivity index (χ4n) is 2.41. The highest BCUT2D eigenvalue weighted by Crippen LogP contribution is 2.38. The van der Waals surface area contributed by atoms with Crippen molar-refractivity contribution in [2.75, 3.05) is 5.75 Å². The van der Waals surface area contributed by atoms with E-state index in [-0.39, 0.29) is 10.3 Å². The summed E-state index contributed by atoms with van der Waals surface area (Å²) in [5.41, 5.74) is 0.910. The minimum Gasteiger partial charge on any atom is -0.331 e. The van der Waals surface area contributed by atoms with Crippen LogP contribution in [-0.4, -0.2) is 20.1 Å². The lowest BCUT2D eigenvalue weighted by molar-refractivity contribution is 0.494. The first-order valence-corrected chi connectivity index (χ1v) is 8.21. The van der Waals surface area contributed by atoms with Crippen LogP contribution in [-0.2, 0) is 6.54 Å². The molecule has 0 radical (unpaired) electrons. The molecule has 0 amide bonds. The number of nitrogens with one attached hydrogen (secondary N) is 1. The highest BCUT2D eigenvalue weighted by molar-refractivity contribution is 8.00. The van der Waals surface area contributed by atoms with E-state index in [4.69, 9.17) is 12.2 Å². The predicted molar refractivity (Wildman–Crippen MR) is 81.4 cm³/mol. The zero-order valence-corrected chi connectivity index (χ0v) is 12.5. The molecule has 1 fully saturated rings. The summed E-state index contributed by atoms with van der Waals surface area (Å²) in [5, 5.41) is 1.92. The maximum absolute atomic E-state index is 12.4. The molecule has 1 aliphatic rings. The molecule has 96 valence electrons. The van der Waals surface area contributed by atoms with Crippen LogP contribution in [0.15, 0.2) is 16.2 Å². The van der Waals surface area contributed by atoms with E-state index in [0.29, 0.717) is 11.3 Å². The zero-order valence-electron chi connectivity index (χ0n) is 10.1. The second-order valence-corrected chi connectivity index (χ2v) is 7.87. The Hall–Kier alpha value is -0.590. The standard InChI is InChI=1S/C12H14N2OS3/c1-12(4-2-5-18-12)7-14-10(15)9-8(3-6-17-9)13-11(14)16/h3,6H,2,4-5,7H2,1H3,(H,13,16). The third-order valence-corrected chi connectivity index (χ3v) is 6.13. The van der Waals surface area contributed by atoms with Gasteiger partial charge in [0.05, 0.1) is 5.52 Å². The lowest BCUT2D eigenvalue weighted by Gasteiger charge is -2.23. The van der Waals surface area contributed by atoms with E-state index in [0.717, 1.165) is 16.6 Å². The van der Waals surface area contributed by atoms with Gasteiger partial charge in [0.1, 0.15) is 4.70 Å².